The Morgan fingerprint density at radius 1 is 1.18 bits per heavy atom. The van der Waals surface area contributed by atoms with Crippen molar-refractivity contribution in [3.05, 3.63) is 63.2 Å². The van der Waals surface area contributed by atoms with E-state index in [2.05, 4.69) is 32.2 Å². The minimum atomic E-state index is -1.30. The van der Waals surface area contributed by atoms with Crippen molar-refractivity contribution in [1.82, 2.24) is 9.88 Å². The lowest BCUT2D eigenvalue weighted by Crippen LogP contribution is -2.43. The average molecular weight is 474 g/mol. The number of carboxylic acid groups (broad SMARTS) is 1. The second kappa shape index (κ2) is 13.1. The number of aliphatic hydroxyl groups is 1. The third-order valence-corrected chi connectivity index (χ3v) is 5.71. The number of nitrogens with one attached hydrogen (secondary N) is 1. The van der Waals surface area contributed by atoms with Gasteiger partial charge in [-0.3, -0.25) is 4.79 Å². The molecule has 1 aliphatic rings. The normalized spacial score (nSPS) is 13.9. The van der Waals surface area contributed by atoms with Gasteiger partial charge in [-0.2, -0.15) is 0 Å². The molecule has 1 aliphatic heterocycles. The minimum Gasteiger partial charge on any atom is -0.477 e. The number of nitrogens with zero attached hydrogens (tertiary/aromatic N) is 2. The molecule has 3 rings (SSSR count). The van der Waals surface area contributed by atoms with Gasteiger partial charge in [0.2, 0.25) is 5.43 Å². The number of aliphatic hydroxyl groups excluding tert-OH is 1. The molecule has 0 atom stereocenters. The summed E-state index contributed by atoms with van der Waals surface area (Å²) in [6.07, 6.45) is 7.55. The molecule has 186 valence electrons. The molecule has 0 spiro atoms. The number of carbonyl (C=O) groups is 1. The first-order chi connectivity index (χ1) is 16.2. The number of pyridine rings is 1. The van der Waals surface area contributed by atoms with Crippen LogP contribution in [-0.2, 0) is 6.54 Å². The quantitative estimate of drug-likeness (QED) is 0.528. The Balaban J connectivity index is 0.000000316. The Morgan fingerprint density at radius 3 is 2.41 bits per heavy atom. The van der Waals surface area contributed by atoms with Crippen molar-refractivity contribution < 1.29 is 19.4 Å². The Kier molecular flexibility index (Phi) is 10.5. The summed E-state index contributed by atoms with van der Waals surface area (Å²) in [5, 5.41) is 21.0. The summed E-state index contributed by atoms with van der Waals surface area (Å²) < 4.78 is 16.2. The Bertz CT molecular complexity index is 1110. The fourth-order valence-electron chi connectivity index (χ4n) is 3.81. The smallest absolute Gasteiger partial charge is 0.341 e. The van der Waals surface area contributed by atoms with Crippen LogP contribution in [0.2, 0.25) is 0 Å². The molecule has 3 N–H and O–H groups in total. The van der Waals surface area contributed by atoms with Crippen molar-refractivity contribution in [3.8, 4) is 0 Å². The number of aryl methyl sites for hydroxylation is 1. The summed E-state index contributed by atoms with van der Waals surface area (Å²) in [5.41, 5.74) is 2.64. The molecule has 2 heterocycles. The van der Waals surface area contributed by atoms with Gasteiger partial charge in [0.15, 0.2) is 0 Å². The monoisotopic (exact) mass is 473 g/mol. The molecule has 1 aromatic heterocycles. The maximum absolute atomic E-state index is 14.5. The Morgan fingerprint density at radius 2 is 1.85 bits per heavy atom. The molecule has 1 aromatic carbocycles. The van der Waals surface area contributed by atoms with Gasteiger partial charge in [0.05, 0.1) is 17.8 Å². The number of fused-ring (bicyclic) bond motifs is 1. The molecular formula is C26H36FN3O4. The molecule has 8 heteroatoms. The van der Waals surface area contributed by atoms with Crippen molar-refractivity contribution in [2.24, 2.45) is 0 Å². The van der Waals surface area contributed by atoms with Gasteiger partial charge in [0.25, 0.3) is 0 Å². The minimum absolute atomic E-state index is 0.100. The van der Waals surface area contributed by atoms with Crippen LogP contribution in [0.4, 0.5) is 10.1 Å². The maximum Gasteiger partial charge on any atom is 0.341 e. The van der Waals surface area contributed by atoms with E-state index in [0.29, 0.717) is 30.8 Å². The molecule has 1 saturated heterocycles. The van der Waals surface area contributed by atoms with E-state index in [1.165, 1.54) is 17.3 Å². The lowest BCUT2D eigenvalue weighted by molar-refractivity contribution is 0.0695. The van der Waals surface area contributed by atoms with E-state index < -0.39 is 17.2 Å². The van der Waals surface area contributed by atoms with E-state index in [1.807, 2.05) is 17.9 Å². The lowest BCUT2D eigenvalue weighted by Gasteiger charge is -2.30. The third-order valence-electron chi connectivity index (χ3n) is 5.71. The van der Waals surface area contributed by atoms with Crippen LogP contribution in [0.25, 0.3) is 10.9 Å². The van der Waals surface area contributed by atoms with Crippen LogP contribution in [0, 0.1) is 5.82 Å². The molecule has 0 amide bonds. The van der Waals surface area contributed by atoms with Crippen LogP contribution in [0.3, 0.4) is 0 Å². The zero-order valence-electron chi connectivity index (χ0n) is 20.5. The van der Waals surface area contributed by atoms with E-state index in [-0.39, 0.29) is 17.6 Å². The number of benzene rings is 1. The van der Waals surface area contributed by atoms with Gasteiger partial charge in [-0.15, -0.1) is 0 Å². The first kappa shape index (κ1) is 27.3. The molecule has 1 fully saturated rings. The highest BCUT2D eigenvalue weighted by Crippen LogP contribution is 2.25. The summed E-state index contributed by atoms with van der Waals surface area (Å²) in [5.74, 6) is -1.80. The third kappa shape index (κ3) is 7.27. The number of aromatic carboxylic acids is 1. The van der Waals surface area contributed by atoms with Crippen LogP contribution in [0.15, 0.2) is 46.4 Å². The van der Waals surface area contributed by atoms with Gasteiger partial charge in [0.1, 0.15) is 11.4 Å². The van der Waals surface area contributed by atoms with Gasteiger partial charge < -0.3 is 25.0 Å². The maximum atomic E-state index is 14.5. The fourth-order valence-corrected chi connectivity index (χ4v) is 3.81. The van der Waals surface area contributed by atoms with Crippen molar-refractivity contribution in [2.45, 2.75) is 47.1 Å². The van der Waals surface area contributed by atoms with E-state index >= 15 is 0 Å². The summed E-state index contributed by atoms with van der Waals surface area (Å²) in [4.78, 5) is 25.4. The van der Waals surface area contributed by atoms with Gasteiger partial charge in [0, 0.05) is 44.3 Å². The van der Waals surface area contributed by atoms with E-state index in [1.54, 1.807) is 10.6 Å². The Hall–Kier alpha value is -2.97. The van der Waals surface area contributed by atoms with Crippen LogP contribution in [0.1, 0.15) is 50.9 Å². The summed E-state index contributed by atoms with van der Waals surface area (Å²) in [6, 6.07) is 2.81. The summed E-state index contributed by atoms with van der Waals surface area (Å²) in [6.45, 7) is 11.7. The first-order valence-corrected chi connectivity index (χ1v) is 11.6. The van der Waals surface area contributed by atoms with Crippen molar-refractivity contribution in [3.63, 3.8) is 0 Å². The topological polar surface area (TPSA) is 94.8 Å². The molecule has 7 nitrogen and oxygen atoms in total. The van der Waals surface area contributed by atoms with Gasteiger partial charge >= 0.3 is 5.97 Å². The number of carboxylic acids is 1. The van der Waals surface area contributed by atoms with Crippen molar-refractivity contribution in [1.29, 1.82) is 0 Å². The Labute approximate surface area is 200 Å². The number of rotatable bonds is 7. The molecule has 0 unspecified atom stereocenters. The van der Waals surface area contributed by atoms with Gasteiger partial charge in [-0.1, -0.05) is 23.3 Å². The van der Waals surface area contributed by atoms with E-state index in [0.717, 1.165) is 32.0 Å². The molecule has 2 aromatic rings. The van der Waals surface area contributed by atoms with Gasteiger partial charge in [-0.05, 0) is 52.7 Å². The number of hydrogen-bond donors (Lipinski definition) is 3. The number of halogens is 1. The number of allylic oxidation sites excluding steroid dienone is 3. The average Bonchev–Trinajstić information content (AvgIpc) is 2.80. The van der Waals surface area contributed by atoms with Crippen LogP contribution < -0.4 is 15.6 Å². The van der Waals surface area contributed by atoms with Crippen LogP contribution >= 0.6 is 0 Å². The number of aromatic nitrogens is 1. The molecule has 0 aliphatic carbocycles. The second-order valence-corrected chi connectivity index (χ2v) is 8.57. The SMILES string of the molecule is CC(C)=CCC/C(C)=C/CO.CCn1cc(C(=O)O)c(=O)c2cc(F)c(N3CCNCC3)cc21. The van der Waals surface area contributed by atoms with Crippen LogP contribution in [-0.4, -0.2) is 53.5 Å². The molecule has 0 bridgehead atoms. The largest absolute Gasteiger partial charge is 0.477 e. The summed E-state index contributed by atoms with van der Waals surface area (Å²) >= 11 is 0. The molecule has 34 heavy (non-hydrogen) atoms. The predicted octanol–water partition coefficient (Wildman–Crippen LogP) is 3.94. The zero-order chi connectivity index (χ0) is 25.3. The fraction of sp³-hybridized carbons (Fsp3) is 0.462. The van der Waals surface area contributed by atoms with Gasteiger partial charge in [-0.25, -0.2) is 9.18 Å². The first-order valence-electron chi connectivity index (χ1n) is 11.6. The lowest BCUT2D eigenvalue weighted by atomic mass is 10.1. The highest BCUT2D eigenvalue weighted by atomic mass is 19.1. The van der Waals surface area contributed by atoms with Crippen LogP contribution in [0.5, 0.6) is 0 Å². The standard InChI is InChI=1S/C16H18FN3O3.C10H18O/c1-2-19-9-11(16(22)23)15(21)10-7-12(17)14(8-13(10)19)20-5-3-18-4-6-20;1-9(2)5-4-6-10(3)7-8-11/h7-9,18H,2-6H2,1H3,(H,22,23);5,7,11H,4,6,8H2,1-3H3/b;10-7+. The molecule has 0 radical (unpaired) electrons. The van der Waals surface area contributed by atoms with Crippen molar-refractivity contribution >= 4 is 22.6 Å². The highest BCUT2D eigenvalue weighted by Gasteiger charge is 2.20. The zero-order valence-corrected chi connectivity index (χ0v) is 20.5. The van der Waals surface area contributed by atoms with E-state index in [9.17, 15) is 14.0 Å². The number of piperazine rings is 1. The van der Waals surface area contributed by atoms with Crippen molar-refractivity contribution in [2.75, 3.05) is 37.7 Å². The molecule has 0 saturated carbocycles. The highest BCUT2D eigenvalue weighted by molar-refractivity contribution is 5.93. The predicted molar refractivity (Wildman–Crippen MR) is 135 cm³/mol. The second-order valence-electron chi connectivity index (χ2n) is 8.57. The number of anilines is 1. The molecular weight excluding hydrogens is 437 g/mol. The van der Waals surface area contributed by atoms with E-state index in [4.69, 9.17) is 10.2 Å². The number of hydrogen-bond acceptors (Lipinski definition) is 5. The summed E-state index contributed by atoms with van der Waals surface area (Å²) in [7, 11) is 0.